The molecule has 1 aromatic carbocycles. The summed E-state index contributed by atoms with van der Waals surface area (Å²) in [7, 11) is 1.79. The SMILES string of the molecule is CNC(C)c1ccccc1OCCC(F)(F)F. The van der Waals surface area contributed by atoms with Gasteiger partial charge in [-0.2, -0.15) is 13.2 Å². The Morgan fingerprint density at radius 1 is 1.29 bits per heavy atom. The molecule has 96 valence electrons. The van der Waals surface area contributed by atoms with Gasteiger partial charge in [0.25, 0.3) is 0 Å². The van der Waals surface area contributed by atoms with Gasteiger partial charge in [0.1, 0.15) is 5.75 Å². The maximum Gasteiger partial charge on any atom is 0.392 e. The molecule has 0 aliphatic heterocycles. The number of hydrogen-bond donors (Lipinski definition) is 1. The van der Waals surface area contributed by atoms with Crippen molar-refractivity contribution in [2.45, 2.75) is 25.6 Å². The van der Waals surface area contributed by atoms with Gasteiger partial charge in [0.05, 0.1) is 13.0 Å². The Bertz CT molecular complexity index is 352. The first-order valence-corrected chi connectivity index (χ1v) is 5.40. The number of nitrogens with one attached hydrogen (secondary N) is 1. The Kier molecular flexibility index (Phi) is 4.81. The van der Waals surface area contributed by atoms with Crippen LogP contribution in [0.2, 0.25) is 0 Å². The van der Waals surface area contributed by atoms with Crippen molar-refractivity contribution in [2.24, 2.45) is 0 Å². The predicted molar refractivity (Wildman–Crippen MR) is 60.1 cm³/mol. The predicted octanol–water partition coefficient (Wildman–Crippen LogP) is 3.30. The molecule has 0 bridgehead atoms. The minimum Gasteiger partial charge on any atom is -0.493 e. The van der Waals surface area contributed by atoms with Crippen molar-refractivity contribution in [3.63, 3.8) is 0 Å². The quantitative estimate of drug-likeness (QED) is 0.862. The topological polar surface area (TPSA) is 21.3 Å². The van der Waals surface area contributed by atoms with Crippen LogP contribution in [0.4, 0.5) is 13.2 Å². The van der Waals surface area contributed by atoms with E-state index in [9.17, 15) is 13.2 Å². The number of para-hydroxylation sites is 1. The molecular weight excluding hydrogens is 231 g/mol. The van der Waals surface area contributed by atoms with E-state index in [-0.39, 0.29) is 12.6 Å². The number of hydrogen-bond acceptors (Lipinski definition) is 2. The normalized spacial score (nSPS) is 13.5. The molecule has 1 atom stereocenters. The van der Waals surface area contributed by atoms with Gasteiger partial charge in [-0.15, -0.1) is 0 Å². The van der Waals surface area contributed by atoms with Crippen LogP contribution in [0.1, 0.15) is 24.9 Å². The first-order valence-electron chi connectivity index (χ1n) is 5.40. The fourth-order valence-electron chi connectivity index (χ4n) is 1.40. The van der Waals surface area contributed by atoms with Crippen molar-refractivity contribution in [1.82, 2.24) is 5.32 Å². The van der Waals surface area contributed by atoms with E-state index >= 15 is 0 Å². The highest BCUT2D eigenvalue weighted by Gasteiger charge is 2.27. The van der Waals surface area contributed by atoms with Crippen LogP contribution in [-0.4, -0.2) is 19.8 Å². The molecule has 17 heavy (non-hydrogen) atoms. The van der Waals surface area contributed by atoms with Gasteiger partial charge >= 0.3 is 6.18 Å². The Hall–Kier alpha value is -1.23. The lowest BCUT2D eigenvalue weighted by Crippen LogP contribution is -2.16. The van der Waals surface area contributed by atoms with E-state index in [0.29, 0.717) is 5.75 Å². The van der Waals surface area contributed by atoms with Gasteiger partial charge in [-0.3, -0.25) is 0 Å². The second kappa shape index (κ2) is 5.91. The molecule has 5 heteroatoms. The van der Waals surface area contributed by atoms with Crippen molar-refractivity contribution in [1.29, 1.82) is 0 Å². The molecule has 0 saturated heterocycles. The summed E-state index contributed by atoms with van der Waals surface area (Å²) < 4.78 is 41.2. The molecule has 1 unspecified atom stereocenters. The molecule has 0 saturated carbocycles. The smallest absolute Gasteiger partial charge is 0.392 e. The fraction of sp³-hybridized carbons (Fsp3) is 0.500. The highest BCUT2D eigenvalue weighted by molar-refractivity contribution is 5.35. The molecule has 0 aromatic heterocycles. The van der Waals surface area contributed by atoms with E-state index in [0.717, 1.165) is 5.56 Å². The van der Waals surface area contributed by atoms with E-state index in [2.05, 4.69) is 5.32 Å². The van der Waals surface area contributed by atoms with Gasteiger partial charge in [0.2, 0.25) is 0 Å². The third kappa shape index (κ3) is 4.65. The molecule has 0 aliphatic rings. The zero-order chi connectivity index (χ0) is 12.9. The molecule has 1 rings (SSSR count). The number of ether oxygens (including phenoxy) is 1. The number of alkyl halides is 3. The maximum atomic E-state index is 12.0. The molecule has 0 aliphatic carbocycles. The van der Waals surface area contributed by atoms with Crippen LogP contribution in [0, 0.1) is 0 Å². The highest BCUT2D eigenvalue weighted by atomic mass is 19.4. The minimum atomic E-state index is -4.18. The highest BCUT2D eigenvalue weighted by Crippen LogP contribution is 2.26. The van der Waals surface area contributed by atoms with E-state index in [1.807, 2.05) is 19.1 Å². The molecule has 0 amide bonds. The molecule has 0 spiro atoms. The fourth-order valence-corrected chi connectivity index (χ4v) is 1.40. The van der Waals surface area contributed by atoms with E-state index < -0.39 is 12.6 Å². The Morgan fingerprint density at radius 2 is 1.94 bits per heavy atom. The number of rotatable bonds is 5. The summed E-state index contributed by atoms with van der Waals surface area (Å²) in [5, 5.41) is 3.03. The molecule has 0 fully saturated rings. The molecule has 2 nitrogen and oxygen atoms in total. The lowest BCUT2D eigenvalue weighted by Gasteiger charge is -2.16. The molecule has 1 aromatic rings. The van der Waals surface area contributed by atoms with Crippen LogP contribution in [0.15, 0.2) is 24.3 Å². The maximum absolute atomic E-state index is 12.0. The average Bonchev–Trinajstić information content (AvgIpc) is 2.27. The molecule has 0 heterocycles. The van der Waals surface area contributed by atoms with Crippen molar-refractivity contribution in [2.75, 3.05) is 13.7 Å². The van der Waals surface area contributed by atoms with Crippen molar-refractivity contribution >= 4 is 0 Å². The summed E-state index contributed by atoms with van der Waals surface area (Å²) in [5.74, 6) is 0.499. The third-order valence-electron chi connectivity index (χ3n) is 2.46. The first-order chi connectivity index (χ1) is 7.94. The zero-order valence-electron chi connectivity index (χ0n) is 9.84. The summed E-state index contributed by atoms with van der Waals surface area (Å²) >= 11 is 0. The van der Waals surface area contributed by atoms with Crippen molar-refractivity contribution in [3.8, 4) is 5.75 Å². The minimum absolute atomic E-state index is 0.0390. The van der Waals surface area contributed by atoms with Gasteiger partial charge in [0, 0.05) is 11.6 Å². The first kappa shape index (κ1) is 13.8. The van der Waals surface area contributed by atoms with Gasteiger partial charge < -0.3 is 10.1 Å². The largest absolute Gasteiger partial charge is 0.493 e. The Balaban J connectivity index is 2.64. The lowest BCUT2D eigenvalue weighted by molar-refractivity contribution is -0.139. The number of benzene rings is 1. The van der Waals surface area contributed by atoms with E-state index in [4.69, 9.17) is 4.74 Å². The van der Waals surface area contributed by atoms with Gasteiger partial charge in [0.15, 0.2) is 0 Å². The monoisotopic (exact) mass is 247 g/mol. The second-order valence-corrected chi connectivity index (χ2v) is 3.76. The summed E-state index contributed by atoms with van der Waals surface area (Å²) in [6.07, 6.45) is -5.11. The van der Waals surface area contributed by atoms with Crippen LogP contribution in [0.25, 0.3) is 0 Å². The van der Waals surface area contributed by atoms with Crippen LogP contribution in [0.3, 0.4) is 0 Å². The van der Waals surface area contributed by atoms with E-state index in [1.54, 1.807) is 19.2 Å². The Labute approximate surface area is 98.8 Å². The lowest BCUT2D eigenvalue weighted by atomic mass is 10.1. The van der Waals surface area contributed by atoms with Crippen LogP contribution >= 0.6 is 0 Å². The standard InChI is InChI=1S/C12H16F3NO/c1-9(16-2)10-5-3-4-6-11(10)17-8-7-12(13,14)15/h3-6,9,16H,7-8H2,1-2H3. The zero-order valence-corrected chi connectivity index (χ0v) is 9.84. The summed E-state index contributed by atoms with van der Waals surface area (Å²) in [5.41, 5.74) is 0.858. The summed E-state index contributed by atoms with van der Waals surface area (Å²) in [6.45, 7) is 1.57. The van der Waals surface area contributed by atoms with Crippen molar-refractivity contribution in [3.05, 3.63) is 29.8 Å². The van der Waals surface area contributed by atoms with Crippen LogP contribution < -0.4 is 10.1 Å². The van der Waals surface area contributed by atoms with Gasteiger partial charge in [-0.1, -0.05) is 18.2 Å². The van der Waals surface area contributed by atoms with Gasteiger partial charge in [-0.25, -0.2) is 0 Å². The average molecular weight is 247 g/mol. The van der Waals surface area contributed by atoms with Crippen LogP contribution in [0.5, 0.6) is 5.75 Å². The molecular formula is C12H16F3NO. The third-order valence-corrected chi connectivity index (χ3v) is 2.46. The van der Waals surface area contributed by atoms with Crippen LogP contribution in [-0.2, 0) is 0 Å². The number of halogens is 3. The summed E-state index contributed by atoms with van der Waals surface area (Å²) in [6, 6.07) is 7.13. The van der Waals surface area contributed by atoms with Gasteiger partial charge in [-0.05, 0) is 20.0 Å². The molecule has 1 N–H and O–H groups in total. The Morgan fingerprint density at radius 3 is 2.53 bits per heavy atom. The molecule has 0 radical (unpaired) electrons. The summed E-state index contributed by atoms with van der Waals surface area (Å²) in [4.78, 5) is 0. The van der Waals surface area contributed by atoms with Crippen molar-refractivity contribution < 1.29 is 17.9 Å². The second-order valence-electron chi connectivity index (χ2n) is 3.76. The van der Waals surface area contributed by atoms with E-state index in [1.165, 1.54) is 0 Å².